The summed E-state index contributed by atoms with van der Waals surface area (Å²) in [5, 5.41) is 0.583. The van der Waals surface area contributed by atoms with Crippen LogP contribution in [0.4, 0.5) is 5.69 Å². The summed E-state index contributed by atoms with van der Waals surface area (Å²) in [6.07, 6.45) is 0. The molecule has 0 fully saturated rings. The van der Waals surface area contributed by atoms with Gasteiger partial charge < -0.3 is 14.4 Å². The molecule has 1 amide bonds. The summed E-state index contributed by atoms with van der Waals surface area (Å²) in [5.41, 5.74) is 1.55. The van der Waals surface area contributed by atoms with Crippen LogP contribution < -0.4 is 9.64 Å². The van der Waals surface area contributed by atoms with Gasteiger partial charge in [-0.3, -0.25) is 4.79 Å². The number of ether oxygens (including phenoxy) is 2. The molecule has 0 atom stereocenters. The van der Waals surface area contributed by atoms with Gasteiger partial charge in [-0.25, -0.2) is 9.78 Å². The highest BCUT2D eigenvalue weighted by molar-refractivity contribution is 7.19. The molecule has 0 unspecified atom stereocenters. The molecular formula is C16H15ClN2O4S. The third kappa shape index (κ3) is 3.09. The van der Waals surface area contributed by atoms with Crippen LogP contribution in [-0.4, -0.2) is 36.6 Å². The molecule has 0 spiro atoms. The van der Waals surface area contributed by atoms with Crippen molar-refractivity contribution in [3.05, 3.63) is 28.2 Å². The maximum atomic E-state index is 11.8. The predicted molar refractivity (Wildman–Crippen MR) is 92.0 cm³/mol. The van der Waals surface area contributed by atoms with Gasteiger partial charge in [0.15, 0.2) is 5.69 Å². The zero-order valence-electron chi connectivity index (χ0n) is 13.2. The molecule has 0 aliphatic carbocycles. The molecule has 1 aromatic carbocycles. The fourth-order valence-electron chi connectivity index (χ4n) is 2.43. The summed E-state index contributed by atoms with van der Waals surface area (Å²) < 4.78 is 10.8. The molecule has 1 aliphatic heterocycles. The number of hydrogen-bond acceptors (Lipinski definition) is 6. The molecule has 2 heterocycles. The van der Waals surface area contributed by atoms with Crippen LogP contribution >= 0.6 is 22.9 Å². The van der Waals surface area contributed by atoms with Gasteiger partial charge in [-0.15, -0.1) is 11.3 Å². The number of aromatic nitrogens is 1. The Hall–Kier alpha value is -2.12. The molecule has 0 radical (unpaired) electrons. The Kier molecular flexibility index (Phi) is 4.73. The van der Waals surface area contributed by atoms with E-state index in [1.54, 1.807) is 17.9 Å². The minimum Gasteiger partial charge on any atom is -0.490 e. The maximum Gasteiger partial charge on any atom is 0.359 e. The number of rotatable bonds is 3. The van der Waals surface area contributed by atoms with Gasteiger partial charge in [-0.1, -0.05) is 11.6 Å². The lowest BCUT2D eigenvalue weighted by molar-refractivity contribution is -0.116. The van der Waals surface area contributed by atoms with Crippen molar-refractivity contribution in [3.8, 4) is 16.3 Å². The fourth-order valence-corrected chi connectivity index (χ4v) is 3.54. The quantitative estimate of drug-likeness (QED) is 0.779. The number of carbonyl (C=O) groups excluding carboxylic acids is 2. The first-order valence-electron chi connectivity index (χ1n) is 7.40. The molecule has 126 valence electrons. The van der Waals surface area contributed by atoms with E-state index < -0.39 is 5.97 Å². The smallest absolute Gasteiger partial charge is 0.359 e. The van der Waals surface area contributed by atoms with E-state index >= 15 is 0 Å². The van der Waals surface area contributed by atoms with Crippen molar-refractivity contribution in [3.63, 3.8) is 0 Å². The first kappa shape index (κ1) is 16.7. The van der Waals surface area contributed by atoms with Crippen LogP contribution in [0.25, 0.3) is 10.6 Å². The number of halogens is 1. The second-order valence-electron chi connectivity index (χ2n) is 5.06. The lowest BCUT2D eigenvalue weighted by Crippen LogP contribution is -2.36. The number of carbonyl (C=O) groups is 2. The van der Waals surface area contributed by atoms with Crippen molar-refractivity contribution < 1.29 is 19.1 Å². The van der Waals surface area contributed by atoms with Crippen LogP contribution in [0.3, 0.4) is 0 Å². The number of esters is 1. The van der Waals surface area contributed by atoms with Crippen molar-refractivity contribution in [2.45, 2.75) is 13.8 Å². The molecule has 0 bridgehead atoms. The van der Waals surface area contributed by atoms with Crippen molar-refractivity contribution in [2.75, 3.05) is 24.7 Å². The van der Waals surface area contributed by atoms with E-state index in [4.69, 9.17) is 21.1 Å². The van der Waals surface area contributed by atoms with Gasteiger partial charge in [-0.2, -0.15) is 0 Å². The van der Waals surface area contributed by atoms with Crippen molar-refractivity contribution in [2.24, 2.45) is 0 Å². The van der Waals surface area contributed by atoms with Crippen LogP contribution in [-0.2, 0) is 9.53 Å². The molecule has 3 rings (SSSR count). The molecule has 24 heavy (non-hydrogen) atoms. The van der Waals surface area contributed by atoms with Crippen molar-refractivity contribution >= 4 is 40.5 Å². The van der Waals surface area contributed by atoms with Gasteiger partial charge >= 0.3 is 5.97 Å². The summed E-state index contributed by atoms with van der Waals surface area (Å²) >= 11 is 7.31. The summed E-state index contributed by atoms with van der Waals surface area (Å²) in [6, 6.07) is 5.44. The van der Waals surface area contributed by atoms with Gasteiger partial charge in [0.2, 0.25) is 5.91 Å². The first-order valence-corrected chi connectivity index (χ1v) is 8.59. The first-order chi connectivity index (χ1) is 11.5. The number of hydrogen-bond donors (Lipinski definition) is 0. The van der Waals surface area contributed by atoms with E-state index in [1.165, 1.54) is 18.3 Å². The normalized spacial score (nSPS) is 13.2. The van der Waals surface area contributed by atoms with E-state index in [9.17, 15) is 9.59 Å². The van der Waals surface area contributed by atoms with Crippen LogP contribution in [0.5, 0.6) is 5.75 Å². The van der Waals surface area contributed by atoms with E-state index in [1.807, 2.05) is 12.1 Å². The van der Waals surface area contributed by atoms with Crippen molar-refractivity contribution in [1.29, 1.82) is 0 Å². The monoisotopic (exact) mass is 366 g/mol. The number of thiazole rings is 1. The lowest BCUT2D eigenvalue weighted by atomic mass is 10.1. The second kappa shape index (κ2) is 6.78. The zero-order valence-corrected chi connectivity index (χ0v) is 14.7. The standard InChI is InChI=1S/C16H15ClN2O4S/c1-3-22-16(21)13-14(17)24-15(18-13)10-4-5-12-11(8-10)19(9(2)20)6-7-23-12/h4-5,8H,3,6-7H2,1-2H3. The van der Waals surface area contributed by atoms with E-state index in [-0.39, 0.29) is 22.5 Å². The molecule has 0 N–H and O–H groups in total. The van der Waals surface area contributed by atoms with Crippen LogP contribution in [0.2, 0.25) is 4.34 Å². The highest BCUT2D eigenvalue weighted by Gasteiger charge is 2.24. The minimum atomic E-state index is -0.545. The number of nitrogens with zero attached hydrogens (tertiary/aromatic N) is 2. The van der Waals surface area contributed by atoms with Crippen molar-refractivity contribution in [1.82, 2.24) is 4.98 Å². The fraction of sp³-hybridized carbons (Fsp3) is 0.312. The Morgan fingerprint density at radius 2 is 2.25 bits per heavy atom. The average Bonchev–Trinajstić information content (AvgIpc) is 2.96. The highest BCUT2D eigenvalue weighted by Crippen LogP contribution is 2.38. The molecule has 1 aliphatic rings. The molecule has 0 saturated carbocycles. The number of amides is 1. The Morgan fingerprint density at radius 3 is 2.96 bits per heavy atom. The Bertz CT molecular complexity index is 805. The SMILES string of the molecule is CCOC(=O)c1nc(-c2ccc3c(c2)N(C(C)=O)CCO3)sc1Cl. The molecule has 8 heteroatoms. The van der Waals surface area contributed by atoms with Gasteiger partial charge in [0, 0.05) is 12.5 Å². The summed E-state index contributed by atoms with van der Waals surface area (Å²) in [5.74, 6) is 0.0474. The van der Waals surface area contributed by atoms with E-state index in [2.05, 4.69) is 4.98 Å². The summed E-state index contributed by atoms with van der Waals surface area (Å²) in [6.45, 7) is 4.45. The van der Waals surface area contributed by atoms with E-state index in [0.29, 0.717) is 29.6 Å². The average molecular weight is 367 g/mol. The van der Waals surface area contributed by atoms with Crippen LogP contribution in [0, 0.1) is 0 Å². The Balaban J connectivity index is 1.99. The zero-order chi connectivity index (χ0) is 17.3. The van der Waals surface area contributed by atoms with Crippen LogP contribution in [0.15, 0.2) is 18.2 Å². The Morgan fingerprint density at radius 1 is 1.46 bits per heavy atom. The highest BCUT2D eigenvalue weighted by atomic mass is 35.5. The lowest BCUT2D eigenvalue weighted by Gasteiger charge is -2.28. The van der Waals surface area contributed by atoms with Gasteiger partial charge in [-0.05, 0) is 25.1 Å². The molecular weight excluding hydrogens is 352 g/mol. The van der Waals surface area contributed by atoms with Crippen LogP contribution in [0.1, 0.15) is 24.3 Å². The largest absolute Gasteiger partial charge is 0.490 e. The number of benzene rings is 1. The number of fused-ring (bicyclic) bond motifs is 1. The van der Waals surface area contributed by atoms with Gasteiger partial charge in [0.05, 0.1) is 18.8 Å². The molecule has 6 nitrogen and oxygen atoms in total. The third-order valence-corrected chi connectivity index (χ3v) is 4.81. The Labute approximate surface area is 148 Å². The topological polar surface area (TPSA) is 68.7 Å². The number of anilines is 1. The third-order valence-electron chi connectivity index (χ3n) is 3.50. The summed E-state index contributed by atoms with van der Waals surface area (Å²) in [7, 11) is 0. The predicted octanol–water partition coefficient (Wildman–Crippen LogP) is 3.39. The second-order valence-corrected chi connectivity index (χ2v) is 6.66. The molecule has 0 saturated heterocycles. The van der Waals surface area contributed by atoms with E-state index in [0.717, 1.165) is 5.56 Å². The van der Waals surface area contributed by atoms with Gasteiger partial charge in [0.25, 0.3) is 0 Å². The molecule has 1 aromatic heterocycles. The summed E-state index contributed by atoms with van der Waals surface area (Å²) in [4.78, 5) is 29.6. The molecule has 2 aromatic rings. The minimum absolute atomic E-state index is 0.0546. The van der Waals surface area contributed by atoms with Gasteiger partial charge in [0.1, 0.15) is 21.7 Å². The maximum absolute atomic E-state index is 11.8.